The van der Waals surface area contributed by atoms with Gasteiger partial charge in [0.1, 0.15) is 17.3 Å². The predicted octanol–water partition coefficient (Wildman–Crippen LogP) is 3.18. The third kappa shape index (κ3) is 5.14. The van der Waals surface area contributed by atoms with Crippen LogP contribution in [0.15, 0.2) is 36.4 Å². The largest absolute Gasteiger partial charge is 0.496 e. The van der Waals surface area contributed by atoms with Gasteiger partial charge in [-0.3, -0.25) is 24.6 Å². The maximum absolute atomic E-state index is 13.2. The molecule has 32 heavy (non-hydrogen) atoms. The van der Waals surface area contributed by atoms with Gasteiger partial charge < -0.3 is 15.0 Å². The van der Waals surface area contributed by atoms with Crippen molar-refractivity contribution in [2.24, 2.45) is 0 Å². The van der Waals surface area contributed by atoms with Crippen LogP contribution in [0.5, 0.6) is 5.75 Å². The van der Waals surface area contributed by atoms with Crippen molar-refractivity contribution in [3.8, 4) is 5.75 Å². The maximum Gasteiger partial charge on any atom is 0.296 e. The van der Waals surface area contributed by atoms with Gasteiger partial charge in [-0.25, -0.2) is 4.39 Å². The zero-order valence-electron chi connectivity index (χ0n) is 17.5. The van der Waals surface area contributed by atoms with Crippen LogP contribution < -0.4 is 10.1 Å². The van der Waals surface area contributed by atoms with Crippen molar-refractivity contribution in [3.05, 3.63) is 62.9 Å². The van der Waals surface area contributed by atoms with Gasteiger partial charge in [0.15, 0.2) is 0 Å². The number of amides is 2. The third-order valence-corrected chi connectivity index (χ3v) is 5.66. The summed E-state index contributed by atoms with van der Waals surface area (Å²) in [6.07, 6.45) is 0. The SMILES string of the molecule is COc1ccc(NC(=O)C(C)N2CCN(C(=O)c3ccc(F)cc3Cl)CC2)c([N+](=O)[O-])c1. The van der Waals surface area contributed by atoms with Crippen LogP contribution in [0.1, 0.15) is 17.3 Å². The molecule has 1 aliphatic rings. The zero-order valence-corrected chi connectivity index (χ0v) is 18.3. The van der Waals surface area contributed by atoms with Crippen molar-refractivity contribution in [2.45, 2.75) is 13.0 Å². The fourth-order valence-corrected chi connectivity index (χ4v) is 3.69. The van der Waals surface area contributed by atoms with E-state index in [4.69, 9.17) is 16.3 Å². The summed E-state index contributed by atoms with van der Waals surface area (Å²) < 4.78 is 18.2. The summed E-state index contributed by atoms with van der Waals surface area (Å²) in [5.41, 5.74) is 0.0306. The summed E-state index contributed by atoms with van der Waals surface area (Å²) in [5.74, 6) is -0.918. The molecular weight excluding hydrogens is 443 g/mol. The van der Waals surface area contributed by atoms with E-state index in [0.29, 0.717) is 31.9 Å². The molecule has 9 nitrogen and oxygen atoms in total. The van der Waals surface area contributed by atoms with Crippen LogP contribution in [0.2, 0.25) is 5.02 Å². The highest BCUT2D eigenvalue weighted by Gasteiger charge is 2.29. The molecule has 2 aromatic rings. The second-order valence-electron chi connectivity index (χ2n) is 7.26. The molecule has 0 bridgehead atoms. The van der Waals surface area contributed by atoms with Crippen molar-refractivity contribution in [1.82, 2.24) is 9.80 Å². The average molecular weight is 465 g/mol. The lowest BCUT2D eigenvalue weighted by molar-refractivity contribution is -0.384. The van der Waals surface area contributed by atoms with Crippen molar-refractivity contribution < 1.29 is 23.6 Å². The highest BCUT2D eigenvalue weighted by Crippen LogP contribution is 2.29. The minimum Gasteiger partial charge on any atom is -0.496 e. The van der Waals surface area contributed by atoms with E-state index in [1.54, 1.807) is 11.8 Å². The van der Waals surface area contributed by atoms with E-state index in [1.165, 1.54) is 37.4 Å². The Kier molecular flexibility index (Phi) is 7.26. The number of halogens is 2. The highest BCUT2D eigenvalue weighted by atomic mass is 35.5. The number of hydrogen-bond acceptors (Lipinski definition) is 6. The van der Waals surface area contributed by atoms with Crippen LogP contribution >= 0.6 is 11.6 Å². The molecule has 0 saturated carbocycles. The lowest BCUT2D eigenvalue weighted by Gasteiger charge is -2.37. The summed E-state index contributed by atoms with van der Waals surface area (Å²) in [6, 6.07) is 7.23. The predicted molar refractivity (Wildman–Crippen MR) is 117 cm³/mol. The molecule has 0 spiro atoms. The summed E-state index contributed by atoms with van der Waals surface area (Å²) in [7, 11) is 1.40. The number of carbonyl (C=O) groups is 2. The monoisotopic (exact) mass is 464 g/mol. The lowest BCUT2D eigenvalue weighted by Crippen LogP contribution is -2.54. The smallest absolute Gasteiger partial charge is 0.296 e. The van der Waals surface area contributed by atoms with Gasteiger partial charge in [-0.05, 0) is 37.3 Å². The van der Waals surface area contributed by atoms with Crippen LogP contribution in [0.4, 0.5) is 15.8 Å². The molecule has 170 valence electrons. The van der Waals surface area contributed by atoms with E-state index < -0.39 is 22.7 Å². The van der Waals surface area contributed by atoms with Gasteiger partial charge in [-0.1, -0.05) is 11.6 Å². The first-order valence-electron chi connectivity index (χ1n) is 9.83. The van der Waals surface area contributed by atoms with E-state index in [-0.39, 0.29) is 27.9 Å². The van der Waals surface area contributed by atoms with Gasteiger partial charge in [0.25, 0.3) is 11.6 Å². The number of methoxy groups -OCH3 is 1. The van der Waals surface area contributed by atoms with Crippen molar-refractivity contribution in [1.29, 1.82) is 0 Å². The number of nitrogens with zero attached hydrogens (tertiary/aromatic N) is 3. The topological polar surface area (TPSA) is 105 Å². The second-order valence-corrected chi connectivity index (χ2v) is 7.66. The average Bonchev–Trinajstić information content (AvgIpc) is 2.78. The number of hydrogen-bond donors (Lipinski definition) is 1. The summed E-state index contributed by atoms with van der Waals surface area (Å²) in [4.78, 5) is 39.6. The van der Waals surface area contributed by atoms with Gasteiger partial charge in [-0.15, -0.1) is 0 Å². The number of nitrogens with one attached hydrogen (secondary N) is 1. The molecule has 3 rings (SSSR count). The molecule has 0 aromatic heterocycles. The molecule has 1 saturated heterocycles. The molecule has 0 aliphatic carbocycles. The molecule has 1 atom stereocenters. The molecule has 1 N–H and O–H groups in total. The van der Waals surface area contributed by atoms with Gasteiger partial charge in [0.2, 0.25) is 5.91 Å². The first-order valence-corrected chi connectivity index (χ1v) is 10.2. The Bertz CT molecular complexity index is 1040. The molecule has 1 fully saturated rings. The number of nitro benzene ring substituents is 1. The normalized spacial score (nSPS) is 15.2. The van der Waals surface area contributed by atoms with Crippen LogP contribution in [-0.2, 0) is 4.79 Å². The Hall–Kier alpha value is -3.24. The third-order valence-electron chi connectivity index (χ3n) is 5.35. The first-order chi connectivity index (χ1) is 15.2. The van der Waals surface area contributed by atoms with Crippen LogP contribution in [0, 0.1) is 15.9 Å². The Morgan fingerprint density at radius 3 is 2.47 bits per heavy atom. The number of piperazine rings is 1. The van der Waals surface area contributed by atoms with E-state index in [1.807, 2.05) is 4.90 Å². The van der Waals surface area contributed by atoms with Crippen molar-refractivity contribution >= 4 is 34.8 Å². The Labute approximate surface area is 188 Å². The second kappa shape index (κ2) is 9.92. The summed E-state index contributed by atoms with van der Waals surface area (Å²) >= 11 is 5.99. The van der Waals surface area contributed by atoms with Crippen molar-refractivity contribution in [2.75, 3.05) is 38.6 Å². The van der Waals surface area contributed by atoms with Crippen LogP contribution in [0.25, 0.3) is 0 Å². The van der Waals surface area contributed by atoms with E-state index in [2.05, 4.69) is 5.32 Å². The molecule has 2 aromatic carbocycles. The minimum atomic E-state index is -0.590. The Morgan fingerprint density at radius 1 is 1.19 bits per heavy atom. The van der Waals surface area contributed by atoms with Crippen LogP contribution in [-0.4, -0.2) is 65.9 Å². The standard InChI is InChI=1S/C21H22ClFN4O5/c1-13(20(28)24-18-6-4-15(32-2)12-19(18)27(30)31)25-7-9-26(10-8-25)21(29)16-5-3-14(23)11-17(16)22/h3-6,11-13H,7-10H2,1-2H3,(H,24,28). The molecule has 1 heterocycles. The Morgan fingerprint density at radius 2 is 1.88 bits per heavy atom. The minimum absolute atomic E-state index is 0.0475. The molecule has 1 unspecified atom stereocenters. The number of rotatable bonds is 6. The summed E-state index contributed by atoms with van der Waals surface area (Å²) in [6.45, 7) is 3.24. The number of benzene rings is 2. The fourth-order valence-electron chi connectivity index (χ4n) is 3.44. The maximum atomic E-state index is 13.2. The van der Waals surface area contributed by atoms with Gasteiger partial charge in [0.05, 0.1) is 34.7 Å². The molecule has 1 aliphatic heterocycles. The molecule has 11 heteroatoms. The fraction of sp³-hybridized carbons (Fsp3) is 0.333. The quantitative estimate of drug-likeness (QED) is 0.520. The molecule has 2 amide bonds. The lowest BCUT2D eigenvalue weighted by atomic mass is 10.1. The zero-order chi connectivity index (χ0) is 23.4. The van der Waals surface area contributed by atoms with Crippen molar-refractivity contribution in [3.63, 3.8) is 0 Å². The summed E-state index contributed by atoms with van der Waals surface area (Å²) in [5, 5.41) is 14.0. The van der Waals surface area contributed by atoms with E-state index >= 15 is 0 Å². The van der Waals surface area contributed by atoms with E-state index in [0.717, 1.165) is 6.07 Å². The Balaban J connectivity index is 1.61. The van der Waals surface area contributed by atoms with Gasteiger partial charge >= 0.3 is 0 Å². The molecule has 0 radical (unpaired) electrons. The van der Waals surface area contributed by atoms with E-state index in [9.17, 15) is 24.1 Å². The number of nitro groups is 1. The highest BCUT2D eigenvalue weighted by molar-refractivity contribution is 6.33. The first kappa shape index (κ1) is 23.4. The number of anilines is 1. The van der Waals surface area contributed by atoms with Gasteiger partial charge in [0, 0.05) is 26.2 Å². The number of ether oxygens (including phenoxy) is 1. The number of carbonyl (C=O) groups excluding carboxylic acids is 2. The van der Waals surface area contributed by atoms with Crippen LogP contribution in [0.3, 0.4) is 0 Å². The van der Waals surface area contributed by atoms with Gasteiger partial charge in [-0.2, -0.15) is 0 Å². The molecular formula is C21H22ClFN4O5.